The maximum absolute atomic E-state index is 12.9. The molecule has 0 bridgehead atoms. The van der Waals surface area contributed by atoms with Crippen LogP contribution < -0.4 is 15.0 Å². The van der Waals surface area contributed by atoms with Crippen LogP contribution in [0.5, 0.6) is 5.75 Å². The van der Waals surface area contributed by atoms with E-state index in [1.165, 1.54) is 18.2 Å². The molecule has 0 saturated carbocycles. The van der Waals surface area contributed by atoms with Gasteiger partial charge in [0.15, 0.2) is 12.4 Å². The zero-order valence-corrected chi connectivity index (χ0v) is 17.7. The van der Waals surface area contributed by atoms with Crippen LogP contribution >= 0.6 is 23.2 Å². The zero-order chi connectivity index (χ0) is 22.7. The molecular weight excluding hydrogens is 447 g/mol. The van der Waals surface area contributed by atoms with E-state index in [1.54, 1.807) is 24.3 Å². The predicted octanol–water partition coefficient (Wildman–Crippen LogP) is 3.69. The van der Waals surface area contributed by atoms with Crippen molar-refractivity contribution in [3.05, 3.63) is 63.1 Å². The number of anilines is 1. The van der Waals surface area contributed by atoms with Crippen LogP contribution in [0.15, 0.2) is 42.0 Å². The number of nitrogens with zero attached hydrogens (tertiary/aromatic N) is 1. The molecule has 0 spiro atoms. The molecule has 8 nitrogen and oxygen atoms in total. The monoisotopic (exact) mass is 462 g/mol. The number of barbiturate groups is 1. The van der Waals surface area contributed by atoms with Crippen molar-refractivity contribution >= 4 is 58.8 Å². The van der Waals surface area contributed by atoms with Crippen LogP contribution in [0.3, 0.4) is 0 Å². The molecule has 2 N–H and O–H groups in total. The molecule has 1 aliphatic heterocycles. The number of carboxylic acid groups (broad SMARTS) is 1. The van der Waals surface area contributed by atoms with Gasteiger partial charge in [-0.25, -0.2) is 14.5 Å². The van der Waals surface area contributed by atoms with Gasteiger partial charge >= 0.3 is 12.0 Å². The molecule has 2 aromatic carbocycles. The highest BCUT2D eigenvalue weighted by atomic mass is 35.5. The van der Waals surface area contributed by atoms with E-state index in [-0.39, 0.29) is 26.9 Å². The Morgan fingerprint density at radius 3 is 2.29 bits per heavy atom. The van der Waals surface area contributed by atoms with E-state index < -0.39 is 30.4 Å². The molecule has 4 amide bonds. The van der Waals surface area contributed by atoms with Gasteiger partial charge in [0.1, 0.15) is 5.57 Å². The number of imide groups is 2. The van der Waals surface area contributed by atoms with E-state index in [0.717, 1.165) is 16.9 Å². The molecular formula is C21H16Cl2N2O6. The number of carboxylic acids is 1. The highest BCUT2D eigenvalue weighted by Gasteiger charge is 2.36. The van der Waals surface area contributed by atoms with E-state index >= 15 is 0 Å². The van der Waals surface area contributed by atoms with Crippen LogP contribution in [0, 0.1) is 0 Å². The number of ether oxygens (including phenoxy) is 1. The summed E-state index contributed by atoms with van der Waals surface area (Å²) in [6, 6.07) is 8.66. The molecule has 160 valence electrons. The van der Waals surface area contributed by atoms with Crippen molar-refractivity contribution in [3.63, 3.8) is 0 Å². The Hall–Kier alpha value is -3.36. The smallest absolute Gasteiger partial charge is 0.341 e. The third-order valence-corrected chi connectivity index (χ3v) is 4.94. The number of nitrogens with one attached hydrogen (secondary N) is 1. The zero-order valence-electron chi connectivity index (χ0n) is 16.1. The summed E-state index contributed by atoms with van der Waals surface area (Å²) < 4.78 is 5.04. The van der Waals surface area contributed by atoms with Crippen molar-refractivity contribution in [2.24, 2.45) is 0 Å². The first-order valence-corrected chi connectivity index (χ1v) is 9.81. The number of halogens is 2. The summed E-state index contributed by atoms with van der Waals surface area (Å²) in [4.78, 5) is 49.1. The summed E-state index contributed by atoms with van der Waals surface area (Å²) >= 11 is 12.2. The van der Waals surface area contributed by atoms with Gasteiger partial charge in [0, 0.05) is 0 Å². The van der Waals surface area contributed by atoms with Gasteiger partial charge in [-0.05, 0) is 47.9 Å². The number of benzene rings is 2. The molecule has 0 aliphatic carbocycles. The van der Waals surface area contributed by atoms with E-state index in [0.29, 0.717) is 5.69 Å². The molecule has 0 radical (unpaired) electrons. The molecule has 1 heterocycles. The topological polar surface area (TPSA) is 113 Å². The minimum Gasteiger partial charge on any atom is -0.479 e. The summed E-state index contributed by atoms with van der Waals surface area (Å²) in [5, 5.41) is 10.8. The lowest BCUT2D eigenvalue weighted by Crippen LogP contribution is -2.54. The normalized spacial score (nSPS) is 15.3. The quantitative estimate of drug-likeness (QED) is 0.499. The number of amides is 4. The molecule has 3 rings (SSSR count). The number of hydrogen-bond acceptors (Lipinski definition) is 5. The van der Waals surface area contributed by atoms with Gasteiger partial charge in [-0.1, -0.05) is 42.3 Å². The van der Waals surface area contributed by atoms with Gasteiger partial charge in [-0.2, -0.15) is 0 Å². The number of aliphatic carboxylic acids is 1. The summed E-state index contributed by atoms with van der Waals surface area (Å²) in [5.41, 5.74) is 1.32. The van der Waals surface area contributed by atoms with Gasteiger partial charge in [0.25, 0.3) is 11.8 Å². The highest BCUT2D eigenvalue weighted by Crippen LogP contribution is 2.35. The average molecular weight is 463 g/mol. The SMILES string of the molecule is CCc1ccc(N2C(=O)NC(=O)/C(=C\c3cc(Cl)c(OCC(=O)O)c(Cl)c3)C2=O)cc1. The molecule has 1 saturated heterocycles. The Bertz CT molecular complexity index is 1090. The molecule has 0 unspecified atom stereocenters. The largest absolute Gasteiger partial charge is 0.479 e. The van der Waals surface area contributed by atoms with E-state index in [1.807, 2.05) is 6.92 Å². The third-order valence-electron chi connectivity index (χ3n) is 4.38. The minimum absolute atomic E-state index is 0.00708. The van der Waals surface area contributed by atoms with Crippen LogP contribution in [0.25, 0.3) is 6.08 Å². The lowest BCUT2D eigenvalue weighted by Gasteiger charge is -2.26. The third kappa shape index (κ3) is 4.87. The second kappa shape index (κ2) is 9.20. The molecule has 10 heteroatoms. The number of carbonyl (C=O) groups excluding carboxylic acids is 3. The van der Waals surface area contributed by atoms with Crippen molar-refractivity contribution in [2.75, 3.05) is 11.5 Å². The first-order chi connectivity index (χ1) is 14.7. The highest BCUT2D eigenvalue weighted by molar-refractivity contribution is 6.40. The summed E-state index contributed by atoms with van der Waals surface area (Å²) in [6.07, 6.45) is 2.02. The molecule has 0 aromatic heterocycles. The predicted molar refractivity (Wildman–Crippen MR) is 114 cm³/mol. The summed E-state index contributed by atoms with van der Waals surface area (Å²) in [5.74, 6) is -2.93. The first kappa shape index (κ1) is 22.3. The van der Waals surface area contributed by atoms with Gasteiger partial charge in [0.2, 0.25) is 0 Å². The Morgan fingerprint density at radius 2 is 1.74 bits per heavy atom. The van der Waals surface area contributed by atoms with Crippen LogP contribution in [0.1, 0.15) is 18.1 Å². The van der Waals surface area contributed by atoms with Crippen molar-refractivity contribution in [2.45, 2.75) is 13.3 Å². The molecule has 2 aromatic rings. The lowest BCUT2D eigenvalue weighted by molar-refractivity contribution is -0.139. The average Bonchev–Trinajstić information content (AvgIpc) is 2.70. The summed E-state index contributed by atoms with van der Waals surface area (Å²) in [7, 11) is 0. The van der Waals surface area contributed by atoms with E-state index in [4.69, 9.17) is 33.0 Å². The maximum atomic E-state index is 12.9. The Morgan fingerprint density at radius 1 is 1.13 bits per heavy atom. The van der Waals surface area contributed by atoms with Crippen molar-refractivity contribution in [1.29, 1.82) is 0 Å². The maximum Gasteiger partial charge on any atom is 0.341 e. The van der Waals surface area contributed by atoms with Gasteiger partial charge in [0.05, 0.1) is 15.7 Å². The van der Waals surface area contributed by atoms with Crippen molar-refractivity contribution in [1.82, 2.24) is 5.32 Å². The second-order valence-electron chi connectivity index (χ2n) is 6.47. The van der Waals surface area contributed by atoms with Gasteiger partial charge in [-0.15, -0.1) is 0 Å². The Kier molecular flexibility index (Phi) is 6.62. The van der Waals surface area contributed by atoms with Crippen LogP contribution in [-0.4, -0.2) is 35.5 Å². The number of aryl methyl sites for hydroxylation is 1. The first-order valence-electron chi connectivity index (χ1n) is 9.05. The number of carbonyl (C=O) groups is 4. The van der Waals surface area contributed by atoms with Gasteiger partial charge < -0.3 is 9.84 Å². The molecule has 31 heavy (non-hydrogen) atoms. The van der Waals surface area contributed by atoms with Crippen LogP contribution in [0.2, 0.25) is 10.0 Å². The molecule has 1 aliphatic rings. The van der Waals surface area contributed by atoms with Crippen LogP contribution in [-0.2, 0) is 20.8 Å². The molecule has 0 atom stereocenters. The van der Waals surface area contributed by atoms with Gasteiger partial charge in [-0.3, -0.25) is 14.9 Å². The number of urea groups is 1. The lowest BCUT2D eigenvalue weighted by atomic mass is 10.1. The summed E-state index contributed by atoms with van der Waals surface area (Å²) in [6.45, 7) is 1.33. The Labute approximate surface area is 187 Å². The van der Waals surface area contributed by atoms with Crippen molar-refractivity contribution in [3.8, 4) is 5.75 Å². The fraction of sp³-hybridized carbons (Fsp3) is 0.143. The minimum atomic E-state index is -1.21. The van der Waals surface area contributed by atoms with E-state index in [2.05, 4.69) is 5.32 Å². The van der Waals surface area contributed by atoms with Crippen molar-refractivity contribution < 1.29 is 29.0 Å². The van der Waals surface area contributed by atoms with E-state index in [9.17, 15) is 19.2 Å². The fourth-order valence-electron chi connectivity index (χ4n) is 2.87. The number of hydrogen-bond donors (Lipinski definition) is 2. The van der Waals surface area contributed by atoms with Crippen LogP contribution in [0.4, 0.5) is 10.5 Å². The fourth-order valence-corrected chi connectivity index (χ4v) is 3.49. The molecule has 1 fully saturated rings. The second-order valence-corrected chi connectivity index (χ2v) is 7.29. The standard InChI is InChI=1S/C21H16Cl2N2O6/c1-2-11-3-5-13(6-4-11)25-20(29)14(19(28)24-21(25)30)7-12-8-15(22)18(16(23)9-12)31-10-17(26)27/h3-9H,2,10H2,1H3,(H,26,27)(H,24,28,30)/b14-7+. The Balaban J connectivity index is 1.95. The number of rotatable bonds is 6.